The summed E-state index contributed by atoms with van der Waals surface area (Å²) in [4.78, 5) is 14.5. The molecule has 0 radical (unpaired) electrons. The third kappa shape index (κ3) is 5.33. The summed E-state index contributed by atoms with van der Waals surface area (Å²) in [5, 5.41) is 0. The first-order chi connectivity index (χ1) is 9.72. The van der Waals surface area contributed by atoms with Crippen molar-refractivity contribution in [2.75, 3.05) is 19.6 Å². The smallest absolute Gasteiger partial charge is 0.253 e. The number of nitrogens with zero attached hydrogens (tertiary/aromatic N) is 1. The first-order valence-electron chi connectivity index (χ1n) is 7.81. The van der Waals surface area contributed by atoms with E-state index in [4.69, 9.17) is 5.73 Å². The Morgan fingerprint density at radius 3 is 2.05 bits per heavy atom. The number of hydrogen-bond acceptors (Lipinski definition) is 2. The van der Waals surface area contributed by atoms with Crippen LogP contribution in [0.5, 0.6) is 0 Å². The number of carbonyl (C=O) groups is 1. The van der Waals surface area contributed by atoms with Gasteiger partial charge in [-0.1, -0.05) is 38.8 Å². The van der Waals surface area contributed by atoms with Crippen molar-refractivity contribution in [2.24, 2.45) is 5.73 Å². The average Bonchev–Trinajstić information content (AvgIpc) is 2.48. The van der Waals surface area contributed by atoms with Gasteiger partial charge >= 0.3 is 0 Å². The van der Waals surface area contributed by atoms with Gasteiger partial charge in [0.2, 0.25) is 0 Å². The van der Waals surface area contributed by atoms with Gasteiger partial charge in [0.1, 0.15) is 0 Å². The van der Waals surface area contributed by atoms with Crippen LogP contribution < -0.4 is 5.73 Å². The predicted molar refractivity (Wildman–Crippen MR) is 84.9 cm³/mol. The van der Waals surface area contributed by atoms with Crippen molar-refractivity contribution < 1.29 is 4.79 Å². The van der Waals surface area contributed by atoms with Crippen molar-refractivity contribution in [3.63, 3.8) is 0 Å². The Balaban J connectivity index is 2.71. The Labute approximate surface area is 123 Å². The molecule has 0 aromatic heterocycles. The topological polar surface area (TPSA) is 46.3 Å². The van der Waals surface area contributed by atoms with Gasteiger partial charge in [0.05, 0.1) is 0 Å². The van der Waals surface area contributed by atoms with E-state index in [1.807, 2.05) is 29.2 Å². The SMILES string of the molecule is CCCCN(CCCC)C(=O)c1ccc(CCN)cc1. The highest BCUT2D eigenvalue weighted by Crippen LogP contribution is 2.10. The van der Waals surface area contributed by atoms with Gasteiger partial charge in [-0.25, -0.2) is 0 Å². The first-order valence-corrected chi connectivity index (χ1v) is 7.81. The largest absolute Gasteiger partial charge is 0.339 e. The summed E-state index contributed by atoms with van der Waals surface area (Å²) in [6, 6.07) is 7.88. The fraction of sp³-hybridized carbons (Fsp3) is 0.588. The Morgan fingerprint density at radius 2 is 1.60 bits per heavy atom. The zero-order valence-electron chi connectivity index (χ0n) is 12.9. The predicted octanol–water partition coefficient (Wildman–Crippen LogP) is 3.23. The standard InChI is InChI=1S/C17H28N2O/c1-3-5-13-19(14-6-4-2)17(20)16-9-7-15(8-10-16)11-12-18/h7-10H,3-6,11-14,18H2,1-2H3. The minimum absolute atomic E-state index is 0.159. The lowest BCUT2D eigenvalue weighted by Gasteiger charge is -2.22. The second-order valence-electron chi connectivity index (χ2n) is 5.23. The van der Waals surface area contributed by atoms with Crippen LogP contribution in [0, 0.1) is 0 Å². The van der Waals surface area contributed by atoms with Crippen molar-refractivity contribution in [2.45, 2.75) is 46.0 Å². The summed E-state index contributed by atoms with van der Waals surface area (Å²) in [6.07, 6.45) is 5.24. The molecular weight excluding hydrogens is 248 g/mol. The lowest BCUT2D eigenvalue weighted by molar-refractivity contribution is 0.0751. The van der Waals surface area contributed by atoms with Crippen LogP contribution in [0.4, 0.5) is 0 Å². The van der Waals surface area contributed by atoms with Crippen molar-refractivity contribution >= 4 is 5.91 Å². The van der Waals surface area contributed by atoms with Crippen molar-refractivity contribution in [1.82, 2.24) is 4.90 Å². The lowest BCUT2D eigenvalue weighted by atomic mass is 10.1. The molecule has 0 aliphatic carbocycles. The van der Waals surface area contributed by atoms with Gasteiger partial charge in [0.25, 0.3) is 5.91 Å². The lowest BCUT2D eigenvalue weighted by Crippen LogP contribution is -2.32. The molecule has 0 fully saturated rings. The fourth-order valence-corrected chi connectivity index (χ4v) is 2.18. The van der Waals surface area contributed by atoms with E-state index in [-0.39, 0.29) is 5.91 Å². The number of hydrogen-bond donors (Lipinski definition) is 1. The van der Waals surface area contributed by atoms with Gasteiger partial charge in [-0.2, -0.15) is 0 Å². The summed E-state index contributed by atoms with van der Waals surface area (Å²) < 4.78 is 0. The Kier molecular flexibility index (Phi) is 7.97. The first kappa shape index (κ1) is 16.7. The molecule has 3 nitrogen and oxygen atoms in total. The van der Waals surface area contributed by atoms with E-state index >= 15 is 0 Å². The van der Waals surface area contributed by atoms with Crippen LogP contribution in [-0.2, 0) is 6.42 Å². The molecule has 112 valence electrons. The summed E-state index contributed by atoms with van der Waals surface area (Å²) >= 11 is 0. The highest BCUT2D eigenvalue weighted by molar-refractivity contribution is 5.94. The maximum Gasteiger partial charge on any atom is 0.253 e. The third-order valence-electron chi connectivity index (χ3n) is 3.48. The van der Waals surface area contributed by atoms with E-state index in [0.717, 1.165) is 50.8 Å². The Bertz CT molecular complexity index is 378. The quantitative estimate of drug-likeness (QED) is 0.752. The number of nitrogens with two attached hydrogens (primary N) is 1. The second-order valence-corrected chi connectivity index (χ2v) is 5.23. The Hall–Kier alpha value is -1.35. The minimum atomic E-state index is 0.159. The molecule has 0 aliphatic heterocycles. The molecule has 0 bridgehead atoms. The van der Waals surface area contributed by atoms with Gasteiger partial charge in [-0.15, -0.1) is 0 Å². The molecule has 0 saturated carbocycles. The molecule has 3 heteroatoms. The number of benzene rings is 1. The van der Waals surface area contributed by atoms with Crippen LogP contribution in [0.25, 0.3) is 0 Å². The van der Waals surface area contributed by atoms with Crippen molar-refractivity contribution in [3.8, 4) is 0 Å². The van der Waals surface area contributed by atoms with Gasteiger partial charge in [0, 0.05) is 18.7 Å². The normalized spacial score (nSPS) is 10.6. The van der Waals surface area contributed by atoms with Gasteiger partial charge in [-0.3, -0.25) is 4.79 Å². The average molecular weight is 276 g/mol. The van der Waals surface area contributed by atoms with Crippen LogP contribution in [-0.4, -0.2) is 30.4 Å². The molecule has 0 spiro atoms. The van der Waals surface area contributed by atoms with E-state index in [0.29, 0.717) is 6.54 Å². The monoisotopic (exact) mass is 276 g/mol. The molecule has 0 aliphatic rings. The number of carbonyl (C=O) groups excluding carboxylic acids is 1. The second kappa shape index (κ2) is 9.54. The van der Waals surface area contributed by atoms with Gasteiger partial charge in [0.15, 0.2) is 0 Å². The van der Waals surface area contributed by atoms with Gasteiger partial charge in [-0.05, 0) is 43.5 Å². The molecule has 1 amide bonds. The molecule has 2 N–H and O–H groups in total. The van der Waals surface area contributed by atoms with Gasteiger partial charge < -0.3 is 10.6 Å². The maximum absolute atomic E-state index is 12.5. The molecular formula is C17H28N2O. The summed E-state index contributed by atoms with van der Waals surface area (Å²) in [7, 11) is 0. The molecule has 1 aromatic rings. The van der Waals surface area contributed by atoms with E-state index in [9.17, 15) is 4.79 Å². The molecule has 20 heavy (non-hydrogen) atoms. The van der Waals surface area contributed by atoms with Crippen LogP contribution in [0.2, 0.25) is 0 Å². The van der Waals surface area contributed by atoms with E-state index in [1.165, 1.54) is 5.56 Å². The van der Waals surface area contributed by atoms with Crippen LogP contribution >= 0.6 is 0 Å². The molecule has 0 heterocycles. The van der Waals surface area contributed by atoms with Crippen LogP contribution in [0.3, 0.4) is 0 Å². The molecule has 0 atom stereocenters. The Morgan fingerprint density at radius 1 is 1.05 bits per heavy atom. The molecule has 1 rings (SSSR count). The molecule has 0 unspecified atom stereocenters. The zero-order chi connectivity index (χ0) is 14.8. The van der Waals surface area contributed by atoms with Crippen LogP contribution in [0.15, 0.2) is 24.3 Å². The highest BCUT2D eigenvalue weighted by Gasteiger charge is 2.14. The molecule has 0 saturated heterocycles. The number of amides is 1. The summed E-state index contributed by atoms with van der Waals surface area (Å²) in [5.74, 6) is 0.159. The van der Waals surface area contributed by atoms with Crippen molar-refractivity contribution in [1.29, 1.82) is 0 Å². The van der Waals surface area contributed by atoms with Crippen molar-refractivity contribution in [3.05, 3.63) is 35.4 Å². The van der Waals surface area contributed by atoms with Crippen LogP contribution in [0.1, 0.15) is 55.5 Å². The molecule has 1 aromatic carbocycles. The summed E-state index contributed by atoms with van der Waals surface area (Å²) in [6.45, 7) is 6.68. The van der Waals surface area contributed by atoms with E-state index < -0.39 is 0 Å². The summed E-state index contributed by atoms with van der Waals surface area (Å²) in [5.41, 5.74) is 7.52. The zero-order valence-corrected chi connectivity index (χ0v) is 12.9. The number of rotatable bonds is 9. The maximum atomic E-state index is 12.5. The van der Waals surface area contributed by atoms with E-state index in [1.54, 1.807) is 0 Å². The number of unbranched alkanes of at least 4 members (excludes halogenated alkanes) is 2. The third-order valence-corrected chi connectivity index (χ3v) is 3.48. The fourth-order valence-electron chi connectivity index (χ4n) is 2.18. The minimum Gasteiger partial charge on any atom is -0.339 e. The highest BCUT2D eigenvalue weighted by atomic mass is 16.2. The van der Waals surface area contributed by atoms with E-state index in [2.05, 4.69) is 13.8 Å².